The number of ketones is 1. The molecule has 4 aliphatic rings. The van der Waals surface area contributed by atoms with E-state index in [0.717, 1.165) is 5.57 Å². The van der Waals surface area contributed by atoms with Crippen LogP contribution in [0.3, 0.4) is 0 Å². The van der Waals surface area contributed by atoms with Crippen LogP contribution in [-0.2, 0) is 4.79 Å². The second-order valence-electron chi connectivity index (χ2n) is 9.20. The Morgan fingerprint density at radius 2 is 1.84 bits per heavy atom. The molecule has 0 aliphatic heterocycles. The Kier molecular flexibility index (Phi) is 3.36. The number of rotatable bonds is 1. The van der Waals surface area contributed by atoms with Crippen LogP contribution in [0.25, 0.3) is 0 Å². The van der Waals surface area contributed by atoms with Gasteiger partial charge >= 0.3 is 0 Å². The van der Waals surface area contributed by atoms with E-state index >= 15 is 0 Å². The van der Waals surface area contributed by atoms with Gasteiger partial charge in [-0.25, -0.2) is 0 Å². The monoisotopic (exact) mass is 348 g/mol. The molecule has 4 rings (SSSR count). The van der Waals surface area contributed by atoms with Crippen LogP contribution in [0.1, 0.15) is 34.1 Å². The minimum absolute atomic E-state index is 0.0102. The molecule has 138 valence electrons. The van der Waals surface area contributed by atoms with Crippen LogP contribution in [0.5, 0.6) is 0 Å². The molecule has 5 heteroatoms. The number of Topliss-reactive ketones (excluding diaryl/α,β-unsaturated/α-hetero) is 1. The van der Waals surface area contributed by atoms with Crippen molar-refractivity contribution in [3.05, 3.63) is 23.3 Å². The summed E-state index contributed by atoms with van der Waals surface area (Å²) in [7, 11) is 0. The van der Waals surface area contributed by atoms with Gasteiger partial charge in [-0.15, -0.1) is 0 Å². The first-order chi connectivity index (χ1) is 11.5. The quantitative estimate of drug-likeness (QED) is 0.526. The lowest BCUT2D eigenvalue weighted by Gasteiger charge is -2.50. The van der Waals surface area contributed by atoms with E-state index in [9.17, 15) is 25.2 Å². The van der Waals surface area contributed by atoms with Crippen LogP contribution in [0, 0.1) is 35.0 Å². The van der Waals surface area contributed by atoms with Crippen molar-refractivity contribution in [3.63, 3.8) is 0 Å². The van der Waals surface area contributed by atoms with Crippen LogP contribution in [0.4, 0.5) is 0 Å². The third-order valence-electron chi connectivity index (χ3n) is 7.97. The molecule has 0 amide bonds. The van der Waals surface area contributed by atoms with Crippen molar-refractivity contribution in [2.24, 2.45) is 35.0 Å². The summed E-state index contributed by atoms with van der Waals surface area (Å²) in [6.45, 7) is 7.19. The predicted molar refractivity (Wildman–Crippen MR) is 91.4 cm³/mol. The zero-order valence-corrected chi connectivity index (χ0v) is 15.2. The fourth-order valence-electron chi connectivity index (χ4n) is 6.38. The number of carbonyl (C=O) groups excluding carboxylic acids is 1. The highest BCUT2D eigenvalue weighted by Gasteiger charge is 2.83. The number of aliphatic hydroxyl groups is 4. The second-order valence-corrected chi connectivity index (χ2v) is 9.20. The van der Waals surface area contributed by atoms with Gasteiger partial charge < -0.3 is 20.4 Å². The maximum absolute atomic E-state index is 12.6. The number of carbonyl (C=O) groups is 1. The molecule has 0 saturated heterocycles. The van der Waals surface area contributed by atoms with E-state index in [1.807, 2.05) is 26.0 Å². The smallest absolute Gasteiger partial charge is 0.162 e. The highest BCUT2D eigenvalue weighted by Crippen LogP contribution is 2.74. The molecule has 8 atom stereocenters. The highest BCUT2D eigenvalue weighted by atomic mass is 16.4. The number of aliphatic hydroxyl groups excluding tert-OH is 2. The number of fused-ring (bicyclic) bond motifs is 5. The molecule has 0 heterocycles. The van der Waals surface area contributed by atoms with Crippen molar-refractivity contribution in [2.45, 2.75) is 51.4 Å². The maximum atomic E-state index is 12.6. The van der Waals surface area contributed by atoms with Gasteiger partial charge in [-0.3, -0.25) is 4.79 Å². The van der Waals surface area contributed by atoms with Gasteiger partial charge in [0.1, 0.15) is 5.60 Å². The van der Waals surface area contributed by atoms with Gasteiger partial charge in [-0.05, 0) is 24.5 Å². The van der Waals surface area contributed by atoms with Gasteiger partial charge in [-0.1, -0.05) is 32.9 Å². The maximum Gasteiger partial charge on any atom is 0.162 e. The molecule has 8 unspecified atom stereocenters. The van der Waals surface area contributed by atoms with E-state index in [1.54, 1.807) is 13.8 Å². The summed E-state index contributed by atoms with van der Waals surface area (Å²) in [5.74, 6) is -2.10. The van der Waals surface area contributed by atoms with E-state index in [2.05, 4.69) is 0 Å². The molecule has 2 saturated carbocycles. The fraction of sp³-hybridized carbons (Fsp3) is 0.750. The van der Waals surface area contributed by atoms with Crippen molar-refractivity contribution in [1.29, 1.82) is 0 Å². The minimum atomic E-state index is -1.32. The Bertz CT molecular complexity index is 707. The van der Waals surface area contributed by atoms with Crippen LogP contribution in [0.2, 0.25) is 0 Å². The average molecular weight is 348 g/mol. The van der Waals surface area contributed by atoms with Crippen molar-refractivity contribution >= 4 is 5.78 Å². The third kappa shape index (κ3) is 1.75. The zero-order valence-electron chi connectivity index (χ0n) is 15.2. The topological polar surface area (TPSA) is 98.0 Å². The molecular weight excluding hydrogens is 320 g/mol. The SMILES string of the molecule is CC1=CC2C(CC(CO)=CC3C4C(C)(C)C4(O)C(O)C(C)C23O)C1=O. The summed E-state index contributed by atoms with van der Waals surface area (Å²) in [5.41, 5.74) is -1.73. The van der Waals surface area contributed by atoms with Crippen molar-refractivity contribution in [3.8, 4) is 0 Å². The molecule has 2 fully saturated rings. The minimum Gasteiger partial charge on any atom is -0.392 e. The van der Waals surface area contributed by atoms with Crippen LogP contribution >= 0.6 is 0 Å². The zero-order chi connectivity index (χ0) is 18.5. The lowest BCUT2D eigenvalue weighted by atomic mass is 9.60. The molecule has 0 aromatic rings. The van der Waals surface area contributed by atoms with Gasteiger partial charge in [0.05, 0.1) is 18.3 Å². The van der Waals surface area contributed by atoms with Crippen molar-refractivity contribution in [1.82, 2.24) is 0 Å². The Labute approximate surface area is 148 Å². The highest BCUT2D eigenvalue weighted by molar-refractivity contribution is 5.99. The summed E-state index contributed by atoms with van der Waals surface area (Å²) >= 11 is 0. The predicted octanol–water partition coefficient (Wildman–Crippen LogP) is 0.815. The first kappa shape index (κ1) is 17.4. The molecule has 5 nitrogen and oxygen atoms in total. The summed E-state index contributed by atoms with van der Waals surface area (Å²) in [4.78, 5) is 12.6. The second kappa shape index (κ2) is 4.83. The molecule has 0 aromatic carbocycles. The van der Waals surface area contributed by atoms with Gasteiger partial charge in [-0.2, -0.15) is 0 Å². The third-order valence-corrected chi connectivity index (χ3v) is 7.97. The Balaban J connectivity index is 1.91. The van der Waals surface area contributed by atoms with Crippen LogP contribution in [0.15, 0.2) is 23.3 Å². The summed E-state index contributed by atoms with van der Waals surface area (Å²) in [5, 5.41) is 43.7. The molecule has 4 N–H and O–H groups in total. The summed E-state index contributed by atoms with van der Waals surface area (Å²) in [6, 6.07) is 0. The summed E-state index contributed by atoms with van der Waals surface area (Å²) in [6.07, 6.45) is 3.09. The van der Waals surface area contributed by atoms with Gasteiger partial charge in [0.15, 0.2) is 5.78 Å². The lowest BCUT2D eigenvalue weighted by Crippen LogP contribution is -2.62. The molecule has 0 spiro atoms. The van der Waals surface area contributed by atoms with Gasteiger partial charge in [0.25, 0.3) is 0 Å². The first-order valence-electron chi connectivity index (χ1n) is 9.18. The van der Waals surface area contributed by atoms with E-state index in [4.69, 9.17) is 0 Å². The summed E-state index contributed by atoms with van der Waals surface area (Å²) < 4.78 is 0. The normalized spacial score (nSPS) is 53.2. The fourth-order valence-corrected chi connectivity index (χ4v) is 6.38. The van der Waals surface area contributed by atoms with Gasteiger partial charge in [0, 0.05) is 35.0 Å². The van der Waals surface area contributed by atoms with Crippen LogP contribution in [-0.4, -0.2) is 50.1 Å². The van der Waals surface area contributed by atoms with Gasteiger partial charge in [0.2, 0.25) is 0 Å². The largest absolute Gasteiger partial charge is 0.392 e. The number of hydrogen-bond donors (Lipinski definition) is 4. The Morgan fingerprint density at radius 1 is 1.20 bits per heavy atom. The molecule has 0 radical (unpaired) electrons. The first-order valence-corrected chi connectivity index (χ1v) is 9.18. The van der Waals surface area contributed by atoms with E-state index < -0.39 is 46.4 Å². The molecular formula is C20H28O5. The molecule has 0 bridgehead atoms. The molecule has 0 aromatic heterocycles. The number of allylic oxidation sites excluding steroid dienone is 1. The number of hydrogen-bond acceptors (Lipinski definition) is 5. The molecule has 4 aliphatic carbocycles. The molecule has 25 heavy (non-hydrogen) atoms. The van der Waals surface area contributed by atoms with Crippen LogP contribution < -0.4 is 0 Å². The Morgan fingerprint density at radius 3 is 2.44 bits per heavy atom. The Hall–Kier alpha value is -1.01. The van der Waals surface area contributed by atoms with E-state index in [0.29, 0.717) is 12.0 Å². The van der Waals surface area contributed by atoms with E-state index in [-0.39, 0.29) is 18.3 Å². The lowest BCUT2D eigenvalue weighted by molar-refractivity contribution is -0.192. The average Bonchev–Trinajstić information content (AvgIpc) is 2.92. The van der Waals surface area contributed by atoms with Crippen molar-refractivity contribution in [2.75, 3.05) is 6.61 Å². The van der Waals surface area contributed by atoms with E-state index in [1.165, 1.54) is 0 Å². The van der Waals surface area contributed by atoms with Crippen molar-refractivity contribution < 1.29 is 25.2 Å². The standard InChI is InChI=1S/C20H28O5/c1-9-5-13-12(15(9)22)6-11(8-21)7-14-16-18(3,4)20(16,25)17(23)10(2)19(13,14)24/h5,7,10,12-14,16-17,21,23-25H,6,8H2,1-4H3.